The summed E-state index contributed by atoms with van der Waals surface area (Å²) in [5.74, 6) is -0.563. The van der Waals surface area contributed by atoms with Crippen LogP contribution in [0.1, 0.15) is 28.8 Å². The Morgan fingerprint density at radius 2 is 1.69 bits per heavy atom. The minimum Gasteiger partial charge on any atom is -0.459 e. The summed E-state index contributed by atoms with van der Waals surface area (Å²) < 4.78 is 39.4. The number of rotatable bonds is 8. The van der Waals surface area contributed by atoms with E-state index in [-0.39, 0.29) is 29.7 Å². The third-order valence-electron chi connectivity index (χ3n) is 5.30. The van der Waals surface area contributed by atoms with Crippen molar-refractivity contribution >= 4 is 21.7 Å². The number of hydrogen-bond acceptors (Lipinski definition) is 5. The normalized spacial score (nSPS) is 15.9. The standard InChI is InChI=1S/C25H25NO5S/c27-25(31-19-23-14-8-16-30-23)21-11-7-15-24(17-21)32(28,29)26(22-12-5-2-6-13-22)18-20-9-3-1-4-10-20/h1-7,9-13,15,17,23H,8,14,16,18-19H2. The van der Waals surface area contributed by atoms with Gasteiger partial charge in [0.05, 0.1) is 28.8 Å². The van der Waals surface area contributed by atoms with Gasteiger partial charge < -0.3 is 9.47 Å². The summed E-state index contributed by atoms with van der Waals surface area (Å²) in [6.07, 6.45) is 1.71. The largest absolute Gasteiger partial charge is 0.459 e. The van der Waals surface area contributed by atoms with E-state index in [1.165, 1.54) is 16.4 Å². The SMILES string of the molecule is O=C(OCC1CCCO1)c1cccc(S(=O)(=O)N(Cc2ccccc2)c2ccccc2)c1. The summed E-state index contributed by atoms with van der Waals surface area (Å²) >= 11 is 0. The van der Waals surface area contributed by atoms with Gasteiger partial charge in [-0.05, 0) is 48.7 Å². The van der Waals surface area contributed by atoms with Gasteiger partial charge in [-0.3, -0.25) is 4.31 Å². The van der Waals surface area contributed by atoms with E-state index >= 15 is 0 Å². The summed E-state index contributed by atoms with van der Waals surface area (Å²) in [5, 5.41) is 0. The molecule has 6 nitrogen and oxygen atoms in total. The van der Waals surface area contributed by atoms with Gasteiger partial charge in [0.1, 0.15) is 6.61 Å². The van der Waals surface area contributed by atoms with Gasteiger partial charge in [-0.2, -0.15) is 0 Å². The highest BCUT2D eigenvalue weighted by Crippen LogP contribution is 2.26. The summed E-state index contributed by atoms with van der Waals surface area (Å²) in [7, 11) is -3.94. The molecule has 3 aromatic carbocycles. The van der Waals surface area contributed by atoms with Crippen molar-refractivity contribution in [1.29, 1.82) is 0 Å². The predicted octanol–water partition coefficient (Wildman–Crippen LogP) is 4.42. The zero-order valence-corrected chi connectivity index (χ0v) is 18.4. The Morgan fingerprint density at radius 3 is 2.38 bits per heavy atom. The lowest BCUT2D eigenvalue weighted by atomic mass is 10.2. The minimum atomic E-state index is -3.94. The van der Waals surface area contributed by atoms with Crippen LogP contribution in [-0.2, 0) is 26.0 Å². The number of sulfonamides is 1. The average Bonchev–Trinajstić information content (AvgIpc) is 3.36. The molecule has 0 spiro atoms. The van der Waals surface area contributed by atoms with Crippen LogP contribution in [0.4, 0.5) is 5.69 Å². The molecule has 1 aliphatic heterocycles. The molecular formula is C25H25NO5S. The Bertz CT molecular complexity index is 1140. The summed E-state index contributed by atoms with van der Waals surface area (Å²) in [6.45, 7) is 1.01. The van der Waals surface area contributed by atoms with Crippen molar-refractivity contribution in [1.82, 2.24) is 0 Å². The van der Waals surface area contributed by atoms with Crippen LogP contribution in [0.15, 0.2) is 89.8 Å². The smallest absolute Gasteiger partial charge is 0.338 e. The van der Waals surface area contributed by atoms with Gasteiger partial charge >= 0.3 is 5.97 Å². The number of esters is 1. The molecule has 1 saturated heterocycles. The van der Waals surface area contributed by atoms with E-state index in [2.05, 4.69) is 0 Å². The molecule has 32 heavy (non-hydrogen) atoms. The van der Waals surface area contributed by atoms with Crippen LogP contribution in [0.5, 0.6) is 0 Å². The molecule has 1 fully saturated rings. The molecule has 1 aliphatic rings. The van der Waals surface area contributed by atoms with Crippen molar-refractivity contribution < 1.29 is 22.7 Å². The first kappa shape index (κ1) is 22.0. The molecule has 7 heteroatoms. The number of carbonyl (C=O) groups is 1. The van der Waals surface area contributed by atoms with Gasteiger partial charge in [0.15, 0.2) is 0 Å². The Hall–Kier alpha value is -3.16. The monoisotopic (exact) mass is 451 g/mol. The second-order valence-electron chi connectivity index (χ2n) is 7.59. The molecule has 1 unspecified atom stereocenters. The van der Waals surface area contributed by atoms with E-state index in [1.807, 2.05) is 36.4 Å². The van der Waals surface area contributed by atoms with Gasteiger partial charge in [-0.1, -0.05) is 54.6 Å². The fraction of sp³-hybridized carbons (Fsp3) is 0.240. The van der Waals surface area contributed by atoms with Crippen LogP contribution in [0.2, 0.25) is 0 Å². The number of anilines is 1. The lowest BCUT2D eigenvalue weighted by molar-refractivity contribution is 0.0161. The second-order valence-corrected chi connectivity index (χ2v) is 9.46. The first-order valence-electron chi connectivity index (χ1n) is 10.5. The topological polar surface area (TPSA) is 72.9 Å². The highest BCUT2D eigenvalue weighted by Gasteiger charge is 2.26. The van der Waals surface area contributed by atoms with Crippen molar-refractivity contribution in [3.63, 3.8) is 0 Å². The molecule has 0 aromatic heterocycles. The third-order valence-corrected chi connectivity index (χ3v) is 7.07. The number of carbonyl (C=O) groups excluding carboxylic acids is 1. The highest BCUT2D eigenvalue weighted by atomic mass is 32.2. The third kappa shape index (κ3) is 5.18. The van der Waals surface area contributed by atoms with Gasteiger partial charge in [-0.25, -0.2) is 13.2 Å². The van der Waals surface area contributed by atoms with Crippen LogP contribution in [-0.4, -0.2) is 33.7 Å². The molecule has 0 N–H and O–H groups in total. The van der Waals surface area contributed by atoms with Gasteiger partial charge in [0.25, 0.3) is 10.0 Å². The Balaban J connectivity index is 1.60. The van der Waals surface area contributed by atoms with Crippen LogP contribution >= 0.6 is 0 Å². The maximum absolute atomic E-state index is 13.6. The van der Waals surface area contributed by atoms with E-state index in [0.717, 1.165) is 18.4 Å². The molecule has 4 rings (SSSR count). The van der Waals surface area contributed by atoms with E-state index < -0.39 is 16.0 Å². The van der Waals surface area contributed by atoms with Crippen molar-refractivity contribution in [2.45, 2.75) is 30.4 Å². The Kier molecular flexibility index (Phi) is 6.87. The van der Waals surface area contributed by atoms with Crippen LogP contribution < -0.4 is 4.31 Å². The summed E-state index contributed by atoms with van der Waals surface area (Å²) in [4.78, 5) is 12.6. The Morgan fingerprint density at radius 1 is 0.969 bits per heavy atom. The number of para-hydroxylation sites is 1. The highest BCUT2D eigenvalue weighted by molar-refractivity contribution is 7.92. The molecule has 0 radical (unpaired) electrons. The summed E-state index contributed by atoms with van der Waals surface area (Å²) in [5.41, 5.74) is 1.59. The molecule has 166 valence electrons. The maximum Gasteiger partial charge on any atom is 0.338 e. The van der Waals surface area contributed by atoms with Crippen molar-refractivity contribution in [2.24, 2.45) is 0 Å². The average molecular weight is 452 g/mol. The lowest BCUT2D eigenvalue weighted by Crippen LogP contribution is -2.30. The molecule has 1 heterocycles. The fourth-order valence-electron chi connectivity index (χ4n) is 3.60. The molecule has 0 saturated carbocycles. The van der Waals surface area contributed by atoms with Gasteiger partial charge in [0, 0.05) is 6.61 Å². The lowest BCUT2D eigenvalue weighted by Gasteiger charge is -2.25. The zero-order chi connectivity index (χ0) is 22.4. The zero-order valence-electron chi connectivity index (χ0n) is 17.6. The van der Waals surface area contributed by atoms with Crippen molar-refractivity contribution in [3.05, 3.63) is 96.1 Å². The first-order valence-corrected chi connectivity index (χ1v) is 12.0. The molecule has 0 bridgehead atoms. The number of benzene rings is 3. The van der Waals surface area contributed by atoms with Gasteiger partial charge in [-0.15, -0.1) is 0 Å². The van der Waals surface area contributed by atoms with E-state index in [9.17, 15) is 13.2 Å². The van der Waals surface area contributed by atoms with Crippen molar-refractivity contribution in [3.8, 4) is 0 Å². The predicted molar refractivity (Wildman–Crippen MR) is 122 cm³/mol. The molecule has 3 aromatic rings. The van der Waals surface area contributed by atoms with E-state index in [1.54, 1.807) is 36.4 Å². The van der Waals surface area contributed by atoms with E-state index in [0.29, 0.717) is 12.3 Å². The fourth-order valence-corrected chi connectivity index (χ4v) is 5.10. The number of nitrogens with zero attached hydrogens (tertiary/aromatic N) is 1. The van der Waals surface area contributed by atoms with Crippen LogP contribution in [0, 0.1) is 0 Å². The number of ether oxygens (including phenoxy) is 2. The van der Waals surface area contributed by atoms with Gasteiger partial charge in [0.2, 0.25) is 0 Å². The minimum absolute atomic E-state index is 0.0313. The molecule has 1 atom stereocenters. The van der Waals surface area contributed by atoms with Crippen LogP contribution in [0.3, 0.4) is 0 Å². The second kappa shape index (κ2) is 9.97. The Labute approximate surface area is 188 Å². The van der Waals surface area contributed by atoms with Crippen LogP contribution in [0.25, 0.3) is 0 Å². The number of hydrogen-bond donors (Lipinski definition) is 0. The first-order chi connectivity index (χ1) is 15.5. The maximum atomic E-state index is 13.6. The van der Waals surface area contributed by atoms with Crippen molar-refractivity contribution in [2.75, 3.05) is 17.5 Å². The summed E-state index contributed by atoms with van der Waals surface area (Å²) in [6, 6.07) is 24.3. The van der Waals surface area contributed by atoms with E-state index in [4.69, 9.17) is 9.47 Å². The quantitative estimate of drug-likeness (QED) is 0.474. The molecule has 0 aliphatic carbocycles. The molecular weight excluding hydrogens is 426 g/mol. The molecule has 0 amide bonds.